The van der Waals surface area contributed by atoms with Gasteiger partial charge in [0.25, 0.3) is 0 Å². The highest BCUT2D eigenvalue weighted by Gasteiger charge is 2.31. The first-order valence-corrected chi connectivity index (χ1v) is 14.3. The van der Waals surface area contributed by atoms with Crippen LogP contribution in [0.5, 0.6) is 5.75 Å². The summed E-state index contributed by atoms with van der Waals surface area (Å²) in [4.78, 5) is 23.6. The summed E-state index contributed by atoms with van der Waals surface area (Å²) in [6.45, 7) is 12.3. The van der Waals surface area contributed by atoms with Gasteiger partial charge in [0.2, 0.25) is 5.75 Å². The first-order chi connectivity index (χ1) is 19.4. The SMILES string of the molecule is C[C@@H](Oc1c(N)ncc2c(C3=CCN(C(=O)N4CCN(C(C)(C)C)CC4)CC3)coc12)c1c(Cl)c(F)cc(F)c1Cl. The zero-order chi connectivity index (χ0) is 29.6. The van der Waals surface area contributed by atoms with Gasteiger partial charge >= 0.3 is 6.03 Å². The molecule has 12 heteroatoms. The van der Waals surface area contributed by atoms with E-state index in [4.69, 9.17) is 38.1 Å². The van der Waals surface area contributed by atoms with Gasteiger partial charge in [-0.2, -0.15) is 0 Å². The lowest BCUT2D eigenvalue weighted by Crippen LogP contribution is -2.57. The first-order valence-electron chi connectivity index (χ1n) is 13.5. The molecule has 2 aliphatic heterocycles. The number of carbonyl (C=O) groups is 1. The van der Waals surface area contributed by atoms with Gasteiger partial charge in [0.05, 0.1) is 21.7 Å². The molecule has 220 valence electrons. The van der Waals surface area contributed by atoms with Crippen molar-refractivity contribution >= 4 is 51.6 Å². The number of hydrogen-bond donors (Lipinski definition) is 1. The number of anilines is 1. The zero-order valence-electron chi connectivity index (χ0n) is 23.4. The fraction of sp³-hybridized carbons (Fsp3) is 0.448. The van der Waals surface area contributed by atoms with Gasteiger partial charge in [-0.3, -0.25) is 4.90 Å². The summed E-state index contributed by atoms with van der Waals surface area (Å²) in [5.74, 6) is -1.75. The largest absolute Gasteiger partial charge is 0.478 e. The Bertz CT molecular complexity index is 1490. The fourth-order valence-electron chi connectivity index (χ4n) is 5.38. The maximum Gasteiger partial charge on any atom is 0.320 e. The highest BCUT2D eigenvalue weighted by atomic mass is 35.5. The Morgan fingerprint density at radius 3 is 2.34 bits per heavy atom. The van der Waals surface area contributed by atoms with Crippen LogP contribution in [0, 0.1) is 11.6 Å². The molecule has 4 heterocycles. The maximum absolute atomic E-state index is 14.1. The van der Waals surface area contributed by atoms with E-state index in [1.54, 1.807) is 19.4 Å². The van der Waals surface area contributed by atoms with Crippen LogP contribution in [0.4, 0.5) is 19.4 Å². The third-order valence-electron chi connectivity index (χ3n) is 7.77. The van der Waals surface area contributed by atoms with Crippen molar-refractivity contribution in [2.24, 2.45) is 0 Å². The minimum absolute atomic E-state index is 0.0373. The number of ether oxygens (including phenoxy) is 1. The van der Waals surface area contributed by atoms with Crippen molar-refractivity contribution < 1.29 is 22.7 Å². The topological polar surface area (TPSA) is 88.1 Å². The summed E-state index contributed by atoms with van der Waals surface area (Å²) in [6, 6.07) is 0.673. The number of benzene rings is 1. The number of carbonyl (C=O) groups excluding carboxylic acids is 1. The van der Waals surface area contributed by atoms with Crippen LogP contribution in [0.2, 0.25) is 10.0 Å². The van der Waals surface area contributed by atoms with Crippen molar-refractivity contribution in [2.45, 2.75) is 45.8 Å². The summed E-state index contributed by atoms with van der Waals surface area (Å²) in [7, 11) is 0. The van der Waals surface area contributed by atoms with Crippen molar-refractivity contribution in [3.63, 3.8) is 0 Å². The molecule has 1 aromatic carbocycles. The number of hydrogen-bond acceptors (Lipinski definition) is 6. The molecule has 2 N–H and O–H groups in total. The Labute approximate surface area is 247 Å². The van der Waals surface area contributed by atoms with Crippen LogP contribution in [-0.2, 0) is 0 Å². The minimum atomic E-state index is -0.970. The average molecular weight is 609 g/mol. The van der Waals surface area contributed by atoms with Crippen LogP contribution in [0.25, 0.3) is 16.5 Å². The van der Waals surface area contributed by atoms with Crippen LogP contribution in [-0.4, -0.2) is 70.5 Å². The summed E-state index contributed by atoms with van der Waals surface area (Å²) in [5.41, 5.74) is 8.31. The van der Waals surface area contributed by atoms with E-state index in [0.29, 0.717) is 49.6 Å². The number of piperazine rings is 1. The van der Waals surface area contributed by atoms with Crippen LogP contribution in [0.1, 0.15) is 51.3 Å². The number of fused-ring (bicyclic) bond motifs is 1. The van der Waals surface area contributed by atoms with Crippen molar-refractivity contribution in [1.29, 1.82) is 0 Å². The van der Waals surface area contributed by atoms with E-state index in [2.05, 4.69) is 30.7 Å². The lowest BCUT2D eigenvalue weighted by Gasteiger charge is -2.43. The highest BCUT2D eigenvalue weighted by Crippen LogP contribution is 2.42. The van der Waals surface area contributed by atoms with E-state index in [9.17, 15) is 13.6 Å². The van der Waals surface area contributed by atoms with Gasteiger partial charge in [0.15, 0.2) is 11.4 Å². The second-order valence-electron chi connectivity index (χ2n) is 11.4. The number of halogens is 4. The van der Waals surface area contributed by atoms with Gasteiger partial charge in [-0.05, 0) is 39.7 Å². The van der Waals surface area contributed by atoms with Gasteiger partial charge in [-0.15, -0.1) is 0 Å². The van der Waals surface area contributed by atoms with Crippen molar-refractivity contribution in [2.75, 3.05) is 45.0 Å². The third kappa shape index (κ3) is 5.69. The quantitative estimate of drug-likeness (QED) is 0.330. The Balaban J connectivity index is 1.33. The zero-order valence-corrected chi connectivity index (χ0v) is 25.0. The van der Waals surface area contributed by atoms with E-state index >= 15 is 0 Å². The van der Waals surface area contributed by atoms with Crippen LogP contribution in [0.3, 0.4) is 0 Å². The molecule has 2 aliphatic rings. The van der Waals surface area contributed by atoms with Gasteiger partial charge in [-0.25, -0.2) is 18.6 Å². The predicted octanol–water partition coefficient (Wildman–Crippen LogP) is 6.76. The Morgan fingerprint density at radius 2 is 1.76 bits per heavy atom. The number of urea groups is 1. The second-order valence-corrected chi connectivity index (χ2v) is 12.1. The van der Waals surface area contributed by atoms with E-state index < -0.39 is 17.7 Å². The standard InChI is InChI=1S/C29H33Cl2F2N5O3/c1-16(22-23(30)20(32)13-21(33)24(22)31)41-26-25-18(14-35-27(26)34)19(15-40-25)17-5-7-36(8-6-17)28(39)37-9-11-38(12-10-37)29(2,3)4/h5,13-16H,6-12H2,1-4H3,(H2,34,35)/t16-/m1/s1. The Morgan fingerprint density at radius 1 is 1.10 bits per heavy atom. The summed E-state index contributed by atoms with van der Waals surface area (Å²) in [5, 5.41) is -0.0242. The second kappa shape index (κ2) is 11.3. The molecule has 3 aromatic rings. The van der Waals surface area contributed by atoms with Gasteiger partial charge in [0.1, 0.15) is 17.7 Å². The molecule has 1 fully saturated rings. The number of furan rings is 1. The van der Waals surface area contributed by atoms with Crippen LogP contribution >= 0.6 is 23.2 Å². The third-order valence-corrected chi connectivity index (χ3v) is 8.54. The van der Waals surface area contributed by atoms with Crippen molar-refractivity contribution in [3.05, 3.63) is 57.4 Å². The number of nitrogens with zero attached hydrogens (tertiary/aromatic N) is 4. The van der Waals surface area contributed by atoms with Crippen molar-refractivity contribution in [1.82, 2.24) is 19.7 Å². The van der Waals surface area contributed by atoms with Crippen LogP contribution in [0.15, 0.2) is 29.0 Å². The average Bonchev–Trinajstić information content (AvgIpc) is 3.37. The lowest BCUT2D eigenvalue weighted by atomic mass is 9.99. The molecule has 5 rings (SSSR count). The summed E-state index contributed by atoms with van der Waals surface area (Å²) >= 11 is 12.2. The molecule has 2 aromatic heterocycles. The molecule has 0 radical (unpaired) electrons. The van der Waals surface area contributed by atoms with E-state index in [-0.39, 0.29) is 38.7 Å². The number of nitrogen functional groups attached to an aromatic ring is 1. The summed E-state index contributed by atoms with van der Waals surface area (Å²) < 4.78 is 40.1. The lowest BCUT2D eigenvalue weighted by molar-refractivity contribution is 0.0649. The monoisotopic (exact) mass is 607 g/mol. The normalized spacial score (nSPS) is 17.6. The maximum atomic E-state index is 14.1. The Kier molecular flexibility index (Phi) is 8.11. The van der Waals surface area contributed by atoms with Gasteiger partial charge in [0, 0.05) is 68.2 Å². The van der Waals surface area contributed by atoms with Gasteiger partial charge < -0.3 is 24.7 Å². The number of rotatable bonds is 4. The predicted molar refractivity (Wildman–Crippen MR) is 156 cm³/mol. The molecule has 0 saturated carbocycles. The molecule has 0 spiro atoms. The van der Waals surface area contributed by atoms with Crippen LogP contribution < -0.4 is 10.5 Å². The Hall–Kier alpha value is -3.08. The number of aromatic nitrogens is 1. The molecular formula is C29H33Cl2F2N5O3. The molecule has 1 saturated heterocycles. The van der Waals surface area contributed by atoms with Crippen molar-refractivity contribution in [3.8, 4) is 5.75 Å². The molecule has 1 atom stereocenters. The molecule has 2 amide bonds. The smallest absolute Gasteiger partial charge is 0.320 e. The number of nitrogens with two attached hydrogens (primary N) is 1. The molecule has 0 unspecified atom stereocenters. The first kappa shape index (κ1) is 29.4. The summed E-state index contributed by atoms with van der Waals surface area (Å²) in [6.07, 6.45) is 4.87. The van der Waals surface area contributed by atoms with E-state index in [1.807, 2.05) is 15.9 Å². The number of amides is 2. The molecule has 41 heavy (non-hydrogen) atoms. The van der Waals surface area contributed by atoms with Gasteiger partial charge in [-0.1, -0.05) is 29.3 Å². The fourth-order valence-corrected chi connectivity index (χ4v) is 6.04. The number of pyridine rings is 1. The highest BCUT2D eigenvalue weighted by molar-refractivity contribution is 6.36. The minimum Gasteiger partial charge on any atom is -0.478 e. The molecule has 0 bridgehead atoms. The molecular weight excluding hydrogens is 575 g/mol. The van der Waals surface area contributed by atoms with E-state index in [0.717, 1.165) is 24.2 Å². The molecule has 0 aliphatic carbocycles. The molecule has 8 nitrogen and oxygen atoms in total. The van der Waals surface area contributed by atoms with E-state index in [1.165, 1.54) is 0 Å².